The van der Waals surface area contributed by atoms with Crippen LogP contribution in [0.1, 0.15) is 26.2 Å². The van der Waals surface area contributed by atoms with Gasteiger partial charge in [0, 0.05) is 41.8 Å². The molecular formula is C14H21N3O2S. The molecule has 5 nitrogen and oxygen atoms in total. The smallest absolute Gasteiger partial charge is 0.273 e. The van der Waals surface area contributed by atoms with Crippen LogP contribution >= 0.6 is 11.8 Å². The average molecular weight is 295 g/mol. The van der Waals surface area contributed by atoms with Crippen LogP contribution in [0.5, 0.6) is 0 Å². The van der Waals surface area contributed by atoms with Crippen molar-refractivity contribution in [2.24, 2.45) is 0 Å². The highest BCUT2D eigenvalue weighted by Gasteiger charge is 2.16. The highest BCUT2D eigenvalue weighted by Crippen LogP contribution is 2.28. The summed E-state index contributed by atoms with van der Waals surface area (Å²) < 4.78 is 0. The summed E-state index contributed by atoms with van der Waals surface area (Å²) in [6.45, 7) is 3.76. The standard InChI is InChI=1S/C14H21N3O2S/c1-2-5-15-11-7-12(9-13(8-11)17(18)19)16-10-14-4-3-6-20-14/h7-9,14-16H,2-6,10H2,1H3. The molecule has 20 heavy (non-hydrogen) atoms. The average Bonchev–Trinajstić information content (AvgIpc) is 2.96. The number of non-ortho nitro benzene ring substituents is 1. The van der Waals surface area contributed by atoms with E-state index in [1.807, 2.05) is 17.8 Å². The van der Waals surface area contributed by atoms with Crippen LogP contribution in [0.2, 0.25) is 0 Å². The highest BCUT2D eigenvalue weighted by molar-refractivity contribution is 8.00. The molecule has 0 amide bonds. The van der Waals surface area contributed by atoms with Gasteiger partial charge in [-0.2, -0.15) is 11.8 Å². The summed E-state index contributed by atoms with van der Waals surface area (Å²) in [6, 6.07) is 5.14. The number of thioether (sulfide) groups is 1. The van der Waals surface area contributed by atoms with E-state index in [0.29, 0.717) is 5.25 Å². The Kier molecular flexibility index (Phi) is 5.52. The van der Waals surface area contributed by atoms with Gasteiger partial charge in [0.1, 0.15) is 0 Å². The van der Waals surface area contributed by atoms with Crippen molar-refractivity contribution in [2.45, 2.75) is 31.4 Å². The second kappa shape index (κ2) is 7.38. The number of anilines is 2. The molecule has 1 aromatic carbocycles. The Labute approximate surface area is 123 Å². The molecule has 1 unspecified atom stereocenters. The fourth-order valence-electron chi connectivity index (χ4n) is 2.23. The maximum Gasteiger partial charge on any atom is 0.273 e. The minimum Gasteiger partial charge on any atom is -0.385 e. The molecule has 0 radical (unpaired) electrons. The lowest BCUT2D eigenvalue weighted by molar-refractivity contribution is -0.384. The largest absolute Gasteiger partial charge is 0.385 e. The van der Waals surface area contributed by atoms with Crippen LogP contribution in [0.3, 0.4) is 0 Å². The zero-order valence-electron chi connectivity index (χ0n) is 11.7. The number of nitrogens with one attached hydrogen (secondary N) is 2. The molecule has 0 bridgehead atoms. The Morgan fingerprint density at radius 1 is 1.35 bits per heavy atom. The van der Waals surface area contributed by atoms with Gasteiger partial charge in [-0.15, -0.1) is 0 Å². The van der Waals surface area contributed by atoms with E-state index < -0.39 is 0 Å². The zero-order valence-corrected chi connectivity index (χ0v) is 12.5. The third kappa shape index (κ3) is 4.30. The molecule has 0 aromatic heterocycles. The van der Waals surface area contributed by atoms with Gasteiger partial charge in [-0.05, 0) is 31.1 Å². The summed E-state index contributed by atoms with van der Waals surface area (Å²) >= 11 is 1.98. The van der Waals surface area contributed by atoms with Crippen molar-refractivity contribution in [1.82, 2.24) is 0 Å². The van der Waals surface area contributed by atoms with Crippen molar-refractivity contribution in [2.75, 3.05) is 29.5 Å². The molecule has 0 saturated carbocycles. The SMILES string of the molecule is CCCNc1cc(NCC2CCCS2)cc([N+](=O)[O-])c1. The third-order valence-electron chi connectivity index (χ3n) is 3.27. The topological polar surface area (TPSA) is 67.2 Å². The Morgan fingerprint density at radius 3 is 2.70 bits per heavy atom. The molecule has 1 fully saturated rings. The lowest BCUT2D eigenvalue weighted by Crippen LogP contribution is -2.14. The first kappa shape index (κ1) is 15.0. The Balaban J connectivity index is 2.04. The maximum absolute atomic E-state index is 11.0. The normalized spacial score (nSPS) is 17.9. The Hall–Kier alpha value is -1.43. The van der Waals surface area contributed by atoms with E-state index in [1.165, 1.54) is 18.6 Å². The minimum absolute atomic E-state index is 0.132. The summed E-state index contributed by atoms with van der Waals surface area (Å²) in [6.07, 6.45) is 3.49. The maximum atomic E-state index is 11.0. The van der Waals surface area contributed by atoms with E-state index >= 15 is 0 Å². The van der Waals surface area contributed by atoms with Crippen molar-refractivity contribution in [3.05, 3.63) is 28.3 Å². The molecule has 1 heterocycles. The van der Waals surface area contributed by atoms with E-state index in [1.54, 1.807) is 12.1 Å². The van der Waals surface area contributed by atoms with Crippen LogP contribution in [0.25, 0.3) is 0 Å². The number of hydrogen-bond donors (Lipinski definition) is 2. The number of nitrogens with zero attached hydrogens (tertiary/aromatic N) is 1. The monoisotopic (exact) mass is 295 g/mol. The molecule has 1 atom stereocenters. The van der Waals surface area contributed by atoms with Gasteiger partial charge in [-0.1, -0.05) is 6.92 Å². The van der Waals surface area contributed by atoms with Gasteiger partial charge in [0.05, 0.1) is 4.92 Å². The van der Waals surface area contributed by atoms with Gasteiger partial charge in [0.25, 0.3) is 5.69 Å². The number of benzene rings is 1. The third-order valence-corrected chi connectivity index (χ3v) is 4.66. The molecule has 2 rings (SSSR count). The number of hydrogen-bond acceptors (Lipinski definition) is 5. The van der Waals surface area contributed by atoms with Gasteiger partial charge < -0.3 is 10.6 Å². The number of rotatable bonds is 7. The van der Waals surface area contributed by atoms with E-state index in [2.05, 4.69) is 17.6 Å². The van der Waals surface area contributed by atoms with Gasteiger partial charge in [-0.25, -0.2) is 0 Å². The predicted octanol–water partition coefficient (Wildman–Crippen LogP) is 3.72. The molecule has 1 aromatic rings. The van der Waals surface area contributed by atoms with E-state index in [9.17, 15) is 10.1 Å². The predicted molar refractivity (Wildman–Crippen MR) is 85.8 cm³/mol. The summed E-state index contributed by atoms with van der Waals surface area (Å²) in [5.74, 6) is 1.23. The second-order valence-corrected chi connectivity index (χ2v) is 6.38. The van der Waals surface area contributed by atoms with Crippen molar-refractivity contribution < 1.29 is 4.92 Å². The fraction of sp³-hybridized carbons (Fsp3) is 0.571. The molecule has 6 heteroatoms. The minimum atomic E-state index is -0.341. The fourth-order valence-corrected chi connectivity index (χ4v) is 3.43. The van der Waals surface area contributed by atoms with Crippen molar-refractivity contribution >= 4 is 28.8 Å². The lowest BCUT2D eigenvalue weighted by Gasteiger charge is -2.13. The van der Waals surface area contributed by atoms with Crippen LogP contribution in [0.4, 0.5) is 17.1 Å². The van der Waals surface area contributed by atoms with Gasteiger partial charge in [0.15, 0.2) is 0 Å². The Morgan fingerprint density at radius 2 is 2.10 bits per heavy atom. The van der Waals surface area contributed by atoms with E-state index in [4.69, 9.17) is 0 Å². The van der Waals surface area contributed by atoms with Crippen LogP contribution in [-0.2, 0) is 0 Å². The highest BCUT2D eigenvalue weighted by atomic mass is 32.2. The first-order valence-electron chi connectivity index (χ1n) is 7.08. The molecular weight excluding hydrogens is 274 g/mol. The molecule has 110 valence electrons. The van der Waals surface area contributed by atoms with Crippen molar-refractivity contribution in [1.29, 1.82) is 0 Å². The van der Waals surface area contributed by atoms with Gasteiger partial charge >= 0.3 is 0 Å². The number of nitro groups is 1. The quantitative estimate of drug-likeness (QED) is 0.592. The zero-order chi connectivity index (χ0) is 14.4. The van der Waals surface area contributed by atoms with Crippen molar-refractivity contribution in [3.63, 3.8) is 0 Å². The van der Waals surface area contributed by atoms with Gasteiger partial charge in [0.2, 0.25) is 0 Å². The van der Waals surface area contributed by atoms with Crippen LogP contribution in [0.15, 0.2) is 18.2 Å². The van der Waals surface area contributed by atoms with E-state index in [-0.39, 0.29) is 10.6 Å². The van der Waals surface area contributed by atoms with Crippen LogP contribution in [0, 0.1) is 10.1 Å². The molecule has 1 aliphatic rings. The second-order valence-electron chi connectivity index (χ2n) is 4.97. The first-order valence-corrected chi connectivity index (χ1v) is 8.12. The summed E-state index contributed by atoms with van der Waals surface area (Å²) in [7, 11) is 0. The summed E-state index contributed by atoms with van der Waals surface area (Å²) in [5, 5.41) is 18.2. The molecule has 1 saturated heterocycles. The molecule has 0 aliphatic carbocycles. The lowest BCUT2D eigenvalue weighted by atomic mass is 10.2. The number of nitro benzene ring substituents is 1. The first-order chi connectivity index (χ1) is 9.69. The summed E-state index contributed by atoms with van der Waals surface area (Å²) in [4.78, 5) is 10.6. The van der Waals surface area contributed by atoms with E-state index in [0.717, 1.165) is 30.9 Å². The molecule has 0 spiro atoms. The molecule has 2 N–H and O–H groups in total. The Bertz CT molecular complexity index is 462. The summed E-state index contributed by atoms with van der Waals surface area (Å²) in [5.41, 5.74) is 1.76. The van der Waals surface area contributed by atoms with Crippen LogP contribution < -0.4 is 10.6 Å². The van der Waals surface area contributed by atoms with Crippen LogP contribution in [-0.4, -0.2) is 29.0 Å². The van der Waals surface area contributed by atoms with Crippen molar-refractivity contribution in [3.8, 4) is 0 Å². The molecule has 1 aliphatic heterocycles. The van der Waals surface area contributed by atoms with Gasteiger partial charge in [-0.3, -0.25) is 10.1 Å².